The average Bonchev–Trinajstić information content (AvgIpc) is 2.40. The first kappa shape index (κ1) is 16.1. The number of carbonyl (C=O) groups excluding carboxylic acids is 1. The summed E-state index contributed by atoms with van der Waals surface area (Å²) in [5, 5.41) is 0.141. The van der Waals surface area contributed by atoms with Crippen LogP contribution in [0.4, 0.5) is 13.2 Å². The number of hydrogen-bond donors (Lipinski definition) is 0. The van der Waals surface area contributed by atoms with Crippen molar-refractivity contribution in [2.75, 3.05) is 6.61 Å². The summed E-state index contributed by atoms with van der Waals surface area (Å²) in [6, 6.07) is 2.29. The third kappa shape index (κ3) is 4.13. The van der Waals surface area contributed by atoms with Gasteiger partial charge in [-0.3, -0.25) is 4.79 Å². The zero-order valence-electron chi connectivity index (χ0n) is 11.6. The molecule has 6 heteroatoms. The van der Waals surface area contributed by atoms with Crippen molar-refractivity contribution in [2.24, 2.45) is 5.92 Å². The minimum atomic E-state index is -2.58. The van der Waals surface area contributed by atoms with Crippen LogP contribution < -0.4 is 4.74 Å². The van der Waals surface area contributed by atoms with Gasteiger partial charge in [-0.15, -0.1) is 0 Å². The summed E-state index contributed by atoms with van der Waals surface area (Å²) >= 11 is 5.94. The molecule has 0 saturated heterocycles. The molecular formula is C15H16ClF3O2. The molecule has 1 aliphatic rings. The Balaban J connectivity index is 1.98. The first-order valence-electron chi connectivity index (χ1n) is 6.79. The van der Waals surface area contributed by atoms with Gasteiger partial charge in [-0.2, -0.15) is 0 Å². The van der Waals surface area contributed by atoms with E-state index < -0.39 is 17.5 Å². The normalized spacial score (nSPS) is 18.5. The molecule has 1 aromatic carbocycles. The summed E-state index contributed by atoms with van der Waals surface area (Å²) < 4.78 is 45.2. The lowest BCUT2D eigenvalue weighted by Crippen LogP contribution is -2.27. The van der Waals surface area contributed by atoms with Crippen molar-refractivity contribution in [3.63, 3.8) is 0 Å². The highest BCUT2D eigenvalue weighted by Crippen LogP contribution is 2.37. The van der Waals surface area contributed by atoms with E-state index in [0.29, 0.717) is 12.8 Å². The monoisotopic (exact) mass is 320 g/mol. The number of benzene rings is 1. The molecule has 21 heavy (non-hydrogen) atoms. The third-order valence-electron chi connectivity index (χ3n) is 3.71. The van der Waals surface area contributed by atoms with E-state index in [1.807, 2.05) is 0 Å². The van der Waals surface area contributed by atoms with Crippen LogP contribution in [0.1, 0.15) is 43.0 Å². The second-order valence-electron chi connectivity index (χ2n) is 5.43. The first-order valence-corrected chi connectivity index (χ1v) is 7.17. The minimum absolute atomic E-state index is 0.0104. The molecule has 1 saturated carbocycles. The molecule has 0 radical (unpaired) electrons. The molecule has 0 bridgehead atoms. The zero-order valence-corrected chi connectivity index (χ0v) is 12.4. The summed E-state index contributed by atoms with van der Waals surface area (Å²) in [7, 11) is 0. The number of alkyl halides is 2. The lowest BCUT2D eigenvalue weighted by molar-refractivity contribution is -0.0498. The van der Waals surface area contributed by atoms with Gasteiger partial charge in [0.2, 0.25) is 5.92 Å². The standard InChI is InChI=1S/C15H16ClF3O2/c1-9(20)11-6-12(16)14(7-13(11)17)21-8-10-2-4-15(18,19)5-3-10/h6-7,10H,2-5,8H2,1H3. The number of carbonyl (C=O) groups is 1. The SMILES string of the molecule is CC(=O)c1cc(Cl)c(OCC2CCC(F)(F)CC2)cc1F. The molecule has 0 unspecified atom stereocenters. The minimum Gasteiger partial charge on any atom is -0.492 e. The molecule has 2 rings (SSSR count). The molecule has 1 fully saturated rings. The van der Waals surface area contributed by atoms with Crippen LogP contribution >= 0.6 is 11.6 Å². The number of rotatable bonds is 4. The first-order chi connectivity index (χ1) is 9.78. The van der Waals surface area contributed by atoms with Crippen molar-refractivity contribution in [3.05, 3.63) is 28.5 Å². The highest BCUT2D eigenvalue weighted by atomic mass is 35.5. The number of ketones is 1. The third-order valence-corrected chi connectivity index (χ3v) is 4.01. The van der Waals surface area contributed by atoms with Gasteiger partial charge in [0, 0.05) is 18.9 Å². The van der Waals surface area contributed by atoms with Gasteiger partial charge in [0.05, 0.1) is 17.2 Å². The molecular weight excluding hydrogens is 305 g/mol. The fourth-order valence-corrected chi connectivity index (χ4v) is 2.60. The Labute approximate surface area is 126 Å². The van der Waals surface area contributed by atoms with Gasteiger partial charge in [-0.25, -0.2) is 13.2 Å². The Morgan fingerprint density at radius 2 is 2.00 bits per heavy atom. The van der Waals surface area contributed by atoms with Gasteiger partial charge in [0.25, 0.3) is 0 Å². The summed E-state index contributed by atoms with van der Waals surface area (Å²) in [6.07, 6.45) is 0.454. The van der Waals surface area contributed by atoms with E-state index in [4.69, 9.17) is 16.3 Å². The van der Waals surface area contributed by atoms with E-state index in [-0.39, 0.29) is 41.7 Å². The lowest BCUT2D eigenvalue weighted by atomic mass is 9.87. The van der Waals surface area contributed by atoms with Gasteiger partial charge < -0.3 is 4.74 Å². The molecule has 0 aromatic heterocycles. The van der Waals surface area contributed by atoms with E-state index in [1.165, 1.54) is 13.0 Å². The Morgan fingerprint density at radius 3 is 2.57 bits per heavy atom. The van der Waals surface area contributed by atoms with Crippen molar-refractivity contribution in [3.8, 4) is 5.75 Å². The van der Waals surface area contributed by atoms with Crippen LogP contribution in [-0.2, 0) is 0 Å². The van der Waals surface area contributed by atoms with Crippen molar-refractivity contribution < 1.29 is 22.7 Å². The van der Waals surface area contributed by atoms with Gasteiger partial charge >= 0.3 is 0 Å². The van der Waals surface area contributed by atoms with Crippen molar-refractivity contribution in [1.29, 1.82) is 0 Å². The van der Waals surface area contributed by atoms with E-state index in [9.17, 15) is 18.0 Å². The molecule has 116 valence electrons. The van der Waals surface area contributed by atoms with Crippen LogP contribution in [0, 0.1) is 11.7 Å². The predicted molar refractivity (Wildman–Crippen MR) is 73.8 cm³/mol. The molecule has 0 aliphatic heterocycles. The topological polar surface area (TPSA) is 26.3 Å². The fraction of sp³-hybridized carbons (Fsp3) is 0.533. The second kappa shape index (κ2) is 6.26. The maximum atomic E-state index is 13.7. The van der Waals surface area contributed by atoms with E-state index in [2.05, 4.69) is 0 Å². The van der Waals surface area contributed by atoms with E-state index in [1.54, 1.807) is 0 Å². The van der Waals surface area contributed by atoms with Crippen LogP contribution in [0.15, 0.2) is 12.1 Å². The molecule has 1 aromatic rings. The van der Waals surface area contributed by atoms with Crippen LogP contribution in [0.5, 0.6) is 5.75 Å². The second-order valence-corrected chi connectivity index (χ2v) is 5.84. The average molecular weight is 321 g/mol. The molecule has 1 aliphatic carbocycles. The van der Waals surface area contributed by atoms with Crippen LogP contribution in [0.2, 0.25) is 5.02 Å². The number of halogens is 4. The molecule has 0 N–H and O–H groups in total. The molecule has 0 spiro atoms. The highest BCUT2D eigenvalue weighted by molar-refractivity contribution is 6.32. The Hall–Kier alpha value is -1.23. The largest absolute Gasteiger partial charge is 0.492 e. The molecule has 2 nitrogen and oxygen atoms in total. The highest BCUT2D eigenvalue weighted by Gasteiger charge is 2.35. The van der Waals surface area contributed by atoms with Crippen LogP contribution in [-0.4, -0.2) is 18.3 Å². The number of ether oxygens (including phenoxy) is 1. The quantitative estimate of drug-likeness (QED) is 0.739. The summed E-state index contributed by atoms with van der Waals surface area (Å²) in [5.74, 6) is -3.55. The smallest absolute Gasteiger partial charge is 0.248 e. The van der Waals surface area contributed by atoms with Gasteiger partial charge in [0.1, 0.15) is 11.6 Å². The number of Topliss-reactive ketones (excluding diaryl/α,β-unsaturated/α-hetero) is 1. The Morgan fingerprint density at radius 1 is 1.38 bits per heavy atom. The Bertz CT molecular complexity index is 536. The maximum absolute atomic E-state index is 13.7. The molecule has 0 amide bonds. The Kier molecular flexibility index (Phi) is 4.81. The van der Waals surface area contributed by atoms with Gasteiger partial charge in [-0.05, 0) is 31.7 Å². The van der Waals surface area contributed by atoms with Crippen molar-refractivity contribution in [1.82, 2.24) is 0 Å². The zero-order chi connectivity index (χ0) is 15.6. The lowest BCUT2D eigenvalue weighted by Gasteiger charge is -2.28. The molecule has 0 heterocycles. The number of hydrogen-bond acceptors (Lipinski definition) is 2. The predicted octanol–water partition coefficient (Wildman–Crippen LogP) is 4.89. The fourth-order valence-electron chi connectivity index (χ4n) is 2.38. The van der Waals surface area contributed by atoms with Crippen molar-refractivity contribution in [2.45, 2.75) is 38.5 Å². The van der Waals surface area contributed by atoms with E-state index >= 15 is 0 Å². The summed E-state index contributed by atoms with van der Waals surface area (Å²) in [5.41, 5.74) is -0.0929. The van der Waals surface area contributed by atoms with Crippen LogP contribution in [0.3, 0.4) is 0 Å². The maximum Gasteiger partial charge on any atom is 0.248 e. The summed E-state index contributed by atoms with van der Waals surface area (Å²) in [4.78, 5) is 11.2. The van der Waals surface area contributed by atoms with Gasteiger partial charge in [0.15, 0.2) is 5.78 Å². The van der Waals surface area contributed by atoms with Crippen molar-refractivity contribution >= 4 is 17.4 Å². The summed E-state index contributed by atoms with van der Waals surface area (Å²) in [6.45, 7) is 1.46. The molecule has 0 atom stereocenters. The van der Waals surface area contributed by atoms with Gasteiger partial charge in [-0.1, -0.05) is 11.6 Å². The van der Waals surface area contributed by atoms with E-state index in [0.717, 1.165) is 6.07 Å². The van der Waals surface area contributed by atoms with Crippen LogP contribution in [0.25, 0.3) is 0 Å².